The largest absolute Gasteiger partial charge is 0.364 e. The van der Waals surface area contributed by atoms with Gasteiger partial charge in [0.15, 0.2) is 15.8 Å². The highest BCUT2D eigenvalue weighted by molar-refractivity contribution is 7.92. The standard InChI is InChI=1S/C16H29N5O5S2/c1-5-17-15(18-13-16(2,3)27(4,22)23)20-7-9-21(10-8-20)28(24,25)12-14-6-11-26-19-14/h6,11H,5,7-10,12-13H2,1-4H3,(H,17,18). The number of sulfonamides is 1. The Kier molecular flexibility index (Phi) is 7.10. The van der Waals surface area contributed by atoms with Crippen molar-refractivity contribution in [1.29, 1.82) is 0 Å². The third-order valence-electron chi connectivity index (χ3n) is 4.70. The summed E-state index contributed by atoms with van der Waals surface area (Å²) in [6.07, 6.45) is 2.55. The van der Waals surface area contributed by atoms with Gasteiger partial charge in [0.05, 0.1) is 17.0 Å². The number of aliphatic imine (C=N–C) groups is 1. The first-order valence-corrected chi connectivity index (χ1v) is 12.6. The molecule has 1 N–H and O–H groups in total. The summed E-state index contributed by atoms with van der Waals surface area (Å²) in [5, 5.41) is 6.82. The fourth-order valence-electron chi connectivity index (χ4n) is 2.58. The van der Waals surface area contributed by atoms with Crippen molar-refractivity contribution in [2.75, 3.05) is 45.5 Å². The highest BCUT2D eigenvalue weighted by atomic mass is 32.2. The Morgan fingerprint density at radius 3 is 2.39 bits per heavy atom. The van der Waals surface area contributed by atoms with Crippen molar-refractivity contribution in [1.82, 2.24) is 19.7 Å². The van der Waals surface area contributed by atoms with Gasteiger partial charge in [0, 0.05) is 45.0 Å². The zero-order valence-electron chi connectivity index (χ0n) is 16.8. The summed E-state index contributed by atoms with van der Waals surface area (Å²) >= 11 is 0. The minimum absolute atomic E-state index is 0.124. The van der Waals surface area contributed by atoms with Gasteiger partial charge in [-0.25, -0.2) is 16.8 Å². The van der Waals surface area contributed by atoms with Crippen LogP contribution in [0.15, 0.2) is 21.8 Å². The molecule has 1 aliphatic rings. The lowest BCUT2D eigenvalue weighted by molar-refractivity contribution is 0.259. The fraction of sp³-hybridized carbons (Fsp3) is 0.750. The van der Waals surface area contributed by atoms with Crippen molar-refractivity contribution in [3.05, 3.63) is 18.0 Å². The number of hydrogen-bond acceptors (Lipinski definition) is 7. The van der Waals surface area contributed by atoms with Crippen LogP contribution in [0.25, 0.3) is 0 Å². The molecule has 0 amide bonds. The quantitative estimate of drug-likeness (QED) is 0.465. The molecule has 0 bridgehead atoms. The van der Waals surface area contributed by atoms with E-state index in [0.29, 0.717) is 44.4 Å². The summed E-state index contributed by atoms with van der Waals surface area (Å²) < 4.78 is 54.0. The van der Waals surface area contributed by atoms with Gasteiger partial charge in [0.25, 0.3) is 0 Å². The Labute approximate surface area is 166 Å². The molecule has 0 unspecified atom stereocenters. The maximum atomic E-state index is 12.5. The van der Waals surface area contributed by atoms with E-state index in [0.717, 1.165) is 0 Å². The van der Waals surface area contributed by atoms with Gasteiger partial charge in [-0.2, -0.15) is 4.31 Å². The number of guanidine groups is 1. The average molecular weight is 436 g/mol. The van der Waals surface area contributed by atoms with Gasteiger partial charge in [0.1, 0.15) is 12.0 Å². The molecule has 0 saturated carbocycles. The number of hydrogen-bond donors (Lipinski definition) is 1. The molecule has 0 aromatic carbocycles. The molecule has 1 aliphatic heterocycles. The number of sulfone groups is 1. The first-order valence-electron chi connectivity index (χ1n) is 9.06. The molecule has 1 saturated heterocycles. The minimum Gasteiger partial charge on any atom is -0.364 e. The molecule has 0 aliphatic carbocycles. The van der Waals surface area contributed by atoms with Crippen LogP contribution in [-0.2, 0) is 25.6 Å². The Balaban J connectivity index is 2.03. The van der Waals surface area contributed by atoms with Gasteiger partial charge < -0.3 is 14.7 Å². The molecule has 1 fully saturated rings. The Bertz CT molecular complexity index is 871. The van der Waals surface area contributed by atoms with Crippen LogP contribution in [0.1, 0.15) is 26.5 Å². The van der Waals surface area contributed by atoms with Crippen molar-refractivity contribution in [3.8, 4) is 0 Å². The van der Waals surface area contributed by atoms with Crippen molar-refractivity contribution in [3.63, 3.8) is 0 Å². The van der Waals surface area contributed by atoms with Gasteiger partial charge in [0.2, 0.25) is 10.0 Å². The lowest BCUT2D eigenvalue weighted by Crippen LogP contribution is -2.54. The second-order valence-electron chi connectivity index (χ2n) is 7.34. The highest BCUT2D eigenvalue weighted by Gasteiger charge is 2.32. The number of piperazine rings is 1. The van der Waals surface area contributed by atoms with Gasteiger partial charge in [-0.15, -0.1) is 0 Å². The van der Waals surface area contributed by atoms with Gasteiger partial charge in [-0.05, 0) is 20.8 Å². The predicted octanol–water partition coefficient (Wildman–Crippen LogP) is -0.0893. The highest BCUT2D eigenvalue weighted by Crippen LogP contribution is 2.16. The van der Waals surface area contributed by atoms with Crippen molar-refractivity contribution < 1.29 is 21.4 Å². The summed E-state index contributed by atoms with van der Waals surface area (Å²) in [4.78, 5) is 6.43. The number of rotatable bonds is 7. The lowest BCUT2D eigenvalue weighted by atomic mass is 10.2. The van der Waals surface area contributed by atoms with E-state index in [-0.39, 0.29) is 12.3 Å². The maximum absolute atomic E-state index is 12.5. The van der Waals surface area contributed by atoms with Crippen molar-refractivity contribution in [2.45, 2.75) is 31.3 Å². The number of nitrogens with zero attached hydrogens (tertiary/aromatic N) is 4. The van der Waals surface area contributed by atoms with E-state index in [1.807, 2.05) is 11.8 Å². The summed E-state index contributed by atoms with van der Waals surface area (Å²) in [6, 6.07) is 1.53. The van der Waals surface area contributed by atoms with Crippen molar-refractivity contribution >= 4 is 25.8 Å². The molecule has 160 valence electrons. The molecule has 10 nitrogen and oxygen atoms in total. The molecule has 1 aromatic rings. The van der Waals surface area contributed by atoms with Crippen LogP contribution < -0.4 is 5.32 Å². The van der Waals surface area contributed by atoms with E-state index in [1.165, 1.54) is 22.9 Å². The average Bonchev–Trinajstić information content (AvgIpc) is 3.10. The summed E-state index contributed by atoms with van der Waals surface area (Å²) in [6.45, 7) is 7.53. The fourth-order valence-corrected chi connectivity index (χ4v) is 4.30. The molecule has 1 aromatic heterocycles. The van der Waals surface area contributed by atoms with E-state index < -0.39 is 24.6 Å². The zero-order valence-corrected chi connectivity index (χ0v) is 18.4. The molecule has 2 heterocycles. The van der Waals surface area contributed by atoms with Gasteiger partial charge in [-0.1, -0.05) is 5.16 Å². The van der Waals surface area contributed by atoms with E-state index in [9.17, 15) is 16.8 Å². The first-order chi connectivity index (χ1) is 13.0. The number of aromatic nitrogens is 1. The molecule has 0 radical (unpaired) electrons. The molecular weight excluding hydrogens is 406 g/mol. The first kappa shape index (κ1) is 22.6. The van der Waals surface area contributed by atoms with Crippen molar-refractivity contribution in [2.24, 2.45) is 4.99 Å². The molecule has 28 heavy (non-hydrogen) atoms. The third kappa shape index (κ3) is 5.67. The topological polar surface area (TPSA) is 125 Å². The van der Waals surface area contributed by atoms with Crippen LogP contribution in [-0.4, -0.2) is 87.4 Å². The van der Waals surface area contributed by atoms with Crippen LogP contribution in [0, 0.1) is 0 Å². The van der Waals surface area contributed by atoms with Gasteiger partial charge in [-0.3, -0.25) is 4.99 Å². The second kappa shape index (κ2) is 8.78. The Morgan fingerprint density at radius 2 is 1.89 bits per heavy atom. The Hall–Kier alpha value is -1.66. The minimum atomic E-state index is -3.48. The SMILES string of the molecule is CCNC(=NCC(C)(C)S(C)(=O)=O)N1CCN(S(=O)(=O)Cc2ccon2)CC1. The molecule has 2 rings (SSSR count). The summed E-state index contributed by atoms with van der Waals surface area (Å²) in [5.74, 6) is 0.396. The van der Waals surface area contributed by atoms with Crippen LogP contribution in [0.5, 0.6) is 0 Å². The monoisotopic (exact) mass is 435 g/mol. The van der Waals surface area contributed by atoms with E-state index in [1.54, 1.807) is 13.8 Å². The zero-order chi connectivity index (χ0) is 21.0. The Morgan fingerprint density at radius 1 is 1.25 bits per heavy atom. The predicted molar refractivity (Wildman–Crippen MR) is 107 cm³/mol. The maximum Gasteiger partial charge on any atom is 0.220 e. The van der Waals surface area contributed by atoms with Crippen LogP contribution in [0.4, 0.5) is 0 Å². The smallest absolute Gasteiger partial charge is 0.220 e. The molecule has 0 atom stereocenters. The molecular formula is C16H29N5O5S2. The third-order valence-corrected chi connectivity index (χ3v) is 8.65. The van der Waals surface area contributed by atoms with Crippen LogP contribution in [0.2, 0.25) is 0 Å². The summed E-state index contributed by atoms with van der Waals surface area (Å²) in [5.41, 5.74) is 0.375. The van der Waals surface area contributed by atoms with E-state index >= 15 is 0 Å². The number of nitrogens with one attached hydrogen (secondary N) is 1. The molecule has 12 heteroatoms. The van der Waals surface area contributed by atoms with Crippen LogP contribution in [0.3, 0.4) is 0 Å². The summed E-state index contributed by atoms with van der Waals surface area (Å²) in [7, 11) is -6.73. The molecule has 0 spiro atoms. The second-order valence-corrected chi connectivity index (χ2v) is 12.0. The van der Waals surface area contributed by atoms with Gasteiger partial charge >= 0.3 is 0 Å². The van der Waals surface area contributed by atoms with Crippen LogP contribution >= 0.6 is 0 Å². The normalized spacial score (nSPS) is 17.7. The van der Waals surface area contributed by atoms with E-state index in [4.69, 9.17) is 4.52 Å². The lowest BCUT2D eigenvalue weighted by Gasteiger charge is -2.36. The van der Waals surface area contributed by atoms with E-state index in [2.05, 4.69) is 15.5 Å².